The van der Waals surface area contributed by atoms with Crippen molar-refractivity contribution in [1.82, 2.24) is 9.78 Å². The highest BCUT2D eigenvalue weighted by Crippen LogP contribution is 2.32. The first-order valence-corrected chi connectivity index (χ1v) is 11.1. The van der Waals surface area contributed by atoms with Crippen LogP contribution in [0.5, 0.6) is 5.75 Å². The number of carbonyl (C=O) groups excluding carboxylic acids is 2. The molecule has 33 heavy (non-hydrogen) atoms. The van der Waals surface area contributed by atoms with Gasteiger partial charge in [-0.25, -0.2) is 4.79 Å². The molecule has 0 atom stereocenters. The maximum atomic E-state index is 13.4. The van der Waals surface area contributed by atoms with Crippen LogP contribution < -0.4 is 15.6 Å². The zero-order valence-electron chi connectivity index (χ0n) is 17.6. The average Bonchev–Trinajstić information content (AvgIpc) is 3.24. The van der Waals surface area contributed by atoms with Crippen LogP contribution in [-0.4, -0.2) is 35.4 Å². The Balaban J connectivity index is 1.88. The second-order valence-electron chi connectivity index (χ2n) is 6.77. The summed E-state index contributed by atoms with van der Waals surface area (Å²) in [6.07, 6.45) is 0. The van der Waals surface area contributed by atoms with Crippen molar-refractivity contribution in [1.29, 1.82) is 0 Å². The number of nitrogens with one attached hydrogen (secondary N) is 1. The second-order valence-corrected chi connectivity index (χ2v) is 8.09. The Morgan fingerprint density at radius 1 is 1.18 bits per heavy atom. The summed E-state index contributed by atoms with van der Waals surface area (Å²) < 4.78 is 11.5. The maximum Gasteiger partial charge on any atom is 0.359 e. The normalized spacial score (nSPS) is 10.8. The molecule has 1 N–H and O–H groups in total. The molecule has 2 heterocycles. The molecule has 0 bridgehead atoms. The van der Waals surface area contributed by atoms with E-state index in [2.05, 4.69) is 10.4 Å². The Kier molecular flexibility index (Phi) is 6.43. The van der Waals surface area contributed by atoms with Crippen LogP contribution in [0.25, 0.3) is 16.5 Å². The van der Waals surface area contributed by atoms with E-state index in [-0.39, 0.29) is 28.3 Å². The molecule has 0 aliphatic rings. The molecule has 8 nitrogen and oxygen atoms in total. The Morgan fingerprint density at radius 3 is 2.64 bits per heavy atom. The number of hydrogen-bond donors (Lipinski definition) is 1. The first-order valence-electron chi connectivity index (χ1n) is 9.86. The van der Waals surface area contributed by atoms with Gasteiger partial charge in [0.2, 0.25) is 0 Å². The summed E-state index contributed by atoms with van der Waals surface area (Å²) in [6.45, 7) is 1.83. The van der Waals surface area contributed by atoms with Crippen molar-refractivity contribution in [2.45, 2.75) is 6.92 Å². The molecule has 168 valence electrons. The molecule has 4 rings (SSSR count). The lowest BCUT2D eigenvalue weighted by Gasteiger charge is -2.11. The summed E-state index contributed by atoms with van der Waals surface area (Å²) in [7, 11) is 1.44. The van der Waals surface area contributed by atoms with Gasteiger partial charge in [0.25, 0.3) is 11.5 Å². The predicted molar refractivity (Wildman–Crippen MR) is 127 cm³/mol. The number of nitrogens with zero attached hydrogens (tertiary/aromatic N) is 2. The number of fused-ring (bicyclic) bond motifs is 1. The number of anilines is 1. The van der Waals surface area contributed by atoms with Gasteiger partial charge in [-0.1, -0.05) is 29.8 Å². The molecular weight excluding hydrogens is 466 g/mol. The molecule has 0 fully saturated rings. The molecule has 0 unspecified atom stereocenters. The number of esters is 1. The van der Waals surface area contributed by atoms with Crippen molar-refractivity contribution in [3.05, 3.63) is 80.5 Å². The van der Waals surface area contributed by atoms with Gasteiger partial charge in [-0.05, 0) is 37.3 Å². The van der Waals surface area contributed by atoms with Crippen LogP contribution in [0, 0.1) is 0 Å². The van der Waals surface area contributed by atoms with Gasteiger partial charge in [0, 0.05) is 15.8 Å². The van der Waals surface area contributed by atoms with E-state index in [4.69, 9.17) is 21.1 Å². The van der Waals surface area contributed by atoms with Crippen LogP contribution in [-0.2, 0) is 4.74 Å². The van der Waals surface area contributed by atoms with E-state index >= 15 is 0 Å². The molecular formula is C23H18ClN3O5S. The van der Waals surface area contributed by atoms with Gasteiger partial charge in [-0.15, -0.1) is 11.3 Å². The summed E-state index contributed by atoms with van der Waals surface area (Å²) >= 11 is 7.15. The zero-order chi connectivity index (χ0) is 23.5. The SMILES string of the molecule is CCOC(=O)c1nn(-c2ccccc2)c(=O)c2c(NC(=O)c3cc(Cl)ccc3OC)scc12. The van der Waals surface area contributed by atoms with Crippen molar-refractivity contribution < 1.29 is 19.1 Å². The molecule has 0 saturated heterocycles. The van der Waals surface area contributed by atoms with Gasteiger partial charge in [0.15, 0.2) is 5.69 Å². The highest BCUT2D eigenvalue weighted by molar-refractivity contribution is 7.16. The van der Waals surface area contributed by atoms with Crippen molar-refractivity contribution in [2.24, 2.45) is 0 Å². The molecule has 2 aromatic carbocycles. The largest absolute Gasteiger partial charge is 0.496 e. The monoisotopic (exact) mass is 483 g/mol. The minimum absolute atomic E-state index is 0.0209. The van der Waals surface area contributed by atoms with Crippen LogP contribution in [0.3, 0.4) is 0 Å². The molecule has 0 aliphatic heterocycles. The first kappa shape index (κ1) is 22.5. The van der Waals surface area contributed by atoms with E-state index in [1.807, 2.05) is 0 Å². The number of methoxy groups -OCH3 is 1. The third-order valence-electron chi connectivity index (χ3n) is 4.76. The number of rotatable bonds is 6. The number of para-hydroxylation sites is 1. The maximum absolute atomic E-state index is 13.4. The smallest absolute Gasteiger partial charge is 0.359 e. The summed E-state index contributed by atoms with van der Waals surface area (Å²) in [5.74, 6) is -0.856. The molecule has 2 aromatic heterocycles. The van der Waals surface area contributed by atoms with Crippen molar-refractivity contribution in [3.8, 4) is 11.4 Å². The topological polar surface area (TPSA) is 99.5 Å². The lowest BCUT2D eigenvalue weighted by molar-refractivity contribution is 0.0520. The van der Waals surface area contributed by atoms with Crippen LogP contribution in [0.15, 0.2) is 58.7 Å². The molecule has 1 amide bonds. The van der Waals surface area contributed by atoms with Gasteiger partial charge >= 0.3 is 5.97 Å². The highest BCUT2D eigenvalue weighted by Gasteiger charge is 2.24. The van der Waals surface area contributed by atoms with Crippen molar-refractivity contribution in [2.75, 3.05) is 19.0 Å². The Labute approximate surface area is 197 Å². The van der Waals surface area contributed by atoms with Crippen molar-refractivity contribution >= 4 is 50.6 Å². The number of aromatic nitrogens is 2. The molecule has 0 aliphatic carbocycles. The van der Waals surface area contributed by atoms with Crippen LogP contribution in [0.4, 0.5) is 5.00 Å². The van der Waals surface area contributed by atoms with Crippen molar-refractivity contribution in [3.63, 3.8) is 0 Å². The van der Waals surface area contributed by atoms with Crippen LogP contribution >= 0.6 is 22.9 Å². The number of benzene rings is 2. The molecule has 0 radical (unpaired) electrons. The Morgan fingerprint density at radius 2 is 1.94 bits per heavy atom. The number of halogens is 1. The molecule has 0 saturated carbocycles. The quantitative estimate of drug-likeness (QED) is 0.404. The van der Waals surface area contributed by atoms with E-state index in [1.165, 1.54) is 13.2 Å². The molecule has 0 spiro atoms. The van der Waals surface area contributed by atoms with Gasteiger partial charge in [-0.2, -0.15) is 9.78 Å². The van der Waals surface area contributed by atoms with Gasteiger partial charge in [0.1, 0.15) is 10.8 Å². The Hall–Kier alpha value is -3.69. The van der Waals surface area contributed by atoms with E-state index in [9.17, 15) is 14.4 Å². The number of thiophene rings is 1. The van der Waals surface area contributed by atoms with E-state index in [0.717, 1.165) is 16.0 Å². The lowest BCUT2D eigenvalue weighted by Crippen LogP contribution is -2.25. The van der Waals surface area contributed by atoms with Gasteiger partial charge in [-0.3, -0.25) is 9.59 Å². The second kappa shape index (κ2) is 9.43. The zero-order valence-corrected chi connectivity index (χ0v) is 19.2. The first-order chi connectivity index (χ1) is 15.9. The van der Waals surface area contributed by atoms with Crippen LogP contribution in [0.1, 0.15) is 27.8 Å². The average molecular weight is 484 g/mol. The number of carbonyl (C=O) groups is 2. The number of ether oxygens (including phenoxy) is 2. The lowest BCUT2D eigenvalue weighted by atomic mass is 10.1. The van der Waals surface area contributed by atoms with E-state index in [1.54, 1.807) is 54.8 Å². The number of hydrogen-bond acceptors (Lipinski definition) is 7. The minimum Gasteiger partial charge on any atom is -0.496 e. The van der Waals surface area contributed by atoms with E-state index < -0.39 is 17.4 Å². The third kappa shape index (κ3) is 4.33. The fourth-order valence-electron chi connectivity index (χ4n) is 3.26. The fourth-order valence-corrected chi connectivity index (χ4v) is 4.37. The highest BCUT2D eigenvalue weighted by atomic mass is 35.5. The Bertz CT molecular complexity index is 1420. The third-order valence-corrected chi connectivity index (χ3v) is 5.89. The van der Waals surface area contributed by atoms with Gasteiger partial charge in [0.05, 0.1) is 30.4 Å². The summed E-state index contributed by atoms with van der Waals surface area (Å²) in [5.41, 5.74) is 0.163. The molecule has 4 aromatic rings. The summed E-state index contributed by atoms with van der Waals surface area (Å²) in [5, 5.41) is 9.67. The summed E-state index contributed by atoms with van der Waals surface area (Å²) in [6, 6.07) is 13.3. The van der Waals surface area contributed by atoms with Gasteiger partial charge < -0.3 is 14.8 Å². The standard InChI is InChI=1S/C23H18ClN3O5S/c1-3-32-23(30)19-16-12-33-21(25-20(28)15-11-13(24)9-10-17(15)31-2)18(16)22(29)27(26-19)14-7-5-4-6-8-14/h4-12H,3H2,1-2H3,(H,25,28). The summed E-state index contributed by atoms with van der Waals surface area (Å²) in [4.78, 5) is 39.0. The predicted octanol–water partition coefficient (Wildman–Crippen LogP) is 4.54. The minimum atomic E-state index is -0.667. The molecule has 10 heteroatoms. The van der Waals surface area contributed by atoms with Crippen LogP contribution in [0.2, 0.25) is 5.02 Å². The number of amides is 1. The van der Waals surface area contributed by atoms with E-state index in [0.29, 0.717) is 21.8 Å². The fraction of sp³-hybridized carbons (Fsp3) is 0.130.